The molecule has 2 atom stereocenters. The monoisotopic (exact) mass is 554 g/mol. The summed E-state index contributed by atoms with van der Waals surface area (Å²) in [6, 6.07) is 10.4. The molecule has 1 heterocycles. The Morgan fingerprint density at radius 1 is 1.00 bits per heavy atom. The van der Waals surface area contributed by atoms with Crippen molar-refractivity contribution in [3.8, 4) is 5.75 Å². The minimum Gasteiger partial charge on any atom is -0.493 e. The first-order chi connectivity index (χ1) is 19.2. The number of nitrogens with one attached hydrogen (secondary N) is 4. The molecule has 0 saturated heterocycles. The van der Waals surface area contributed by atoms with E-state index in [-0.39, 0.29) is 30.4 Å². The van der Waals surface area contributed by atoms with Crippen LogP contribution >= 0.6 is 0 Å². The van der Waals surface area contributed by atoms with Crippen molar-refractivity contribution < 1.29 is 28.3 Å². The molecule has 4 amide bonds. The van der Waals surface area contributed by atoms with Crippen LogP contribution < -0.4 is 26.0 Å². The average Bonchev–Trinajstić information content (AvgIpc) is 2.92. The molecule has 10 heteroatoms. The van der Waals surface area contributed by atoms with Gasteiger partial charge in [-0.1, -0.05) is 51.0 Å². The third-order valence-electron chi connectivity index (χ3n) is 6.51. The van der Waals surface area contributed by atoms with Crippen LogP contribution in [0.5, 0.6) is 5.75 Å². The van der Waals surface area contributed by atoms with E-state index in [1.54, 1.807) is 24.3 Å². The van der Waals surface area contributed by atoms with Crippen molar-refractivity contribution in [2.24, 2.45) is 5.92 Å². The molecule has 40 heavy (non-hydrogen) atoms. The maximum atomic E-state index is 13.3. The smallest absolute Gasteiger partial charge is 0.255 e. The van der Waals surface area contributed by atoms with E-state index >= 15 is 0 Å². The molecule has 0 spiro atoms. The van der Waals surface area contributed by atoms with Crippen LogP contribution in [0.25, 0.3) is 0 Å². The van der Waals surface area contributed by atoms with Gasteiger partial charge in [0.15, 0.2) is 0 Å². The second-order valence-corrected chi connectivity index (χ2v) is 10.4. The molecule has 9 nitrogen and oxygen atoms in total. The molecule has 0 fully saturated rings. The van der Waals surface area contributed by atoms with Gasteiger partial charge in [0, 0.05) is 13.1 Å². The number of para-hydroxylation sites is 1. The summed E-state index contributed by atoms with van der Waals surface area (Å²) in [5, 5.41) is 11.0. The molecule has 1 aliphatic heterocycles. The zero-order chi connectivity index (χ0) is 28.9. The van der Waals surface area contributed by atoms with Gasteiger partial charge in [0.25, 0.3) is 5.91 Å². The van der Waals surface area contributed by atoms with E-state index < -0.39 is 35.6 Å². The molecule has 0 radical (unpaired) electrons. The van der Waals surface area contributed by atoms with Crippen LogP contribution in [0.3, 0.4) is 0 Å². The summed E-state index contributed by atoms with van der Waals surface area (Å²) in [5.74, 6) is -1.85. The van der Waals surface area contributed by atoms with Crippen LogP contribution in [0, 0.1) is 11.7 Å². The fraction of sp³-hybridized carbons (Fsp3) is 0.467. The third kappa shape index (κ3) is 9.98. The molecule has 0 unspecified atom stereocenters. The van der Waals surface area contributed by atoms with Crippen molar-refractivity contribution >= 4 is 23.6 Å². The molecule has 0 bridgehead atoms. The first kappa shape index (κ1) is 30.6. The molecule has 4 N–H and O–H groups in total. The van der Waals surface area contributed by atoms with E-state index in [4.69, 9.17) is 4.74 Å². The Balaban J connectivity index is 1.82. The number of benzene rings is 2. The topological polar surface area (TPSA) is 126 Å². The summed E-state index contributed by atoms with van der Waals surface area (Å²) in [6.45, 7) is 4.90. The maximum Gasteiger partial charge on any atom is 0.255 e. The lowest BCUT2D eigenvalue weighted by molar-refractivity contribution is -0.131. The Morgan fingerprint density at radius 3 is 2.48 bits per heavy atom. The number of hydrogen-bond acceptors (Lipinski definition) is 5. The van der Waals surface area contributed by atoms with Crippen molar-refractivity contribution in [3.05, 3.63) is 65.5 Å². The van der Waals surface area contributed by atoms with E-state index in [1.165, 1.54) is 24.3 Å². The first-order valence-electron chi connectivity index (χ1n) is 13.8. The number of carbonyl (C=O) groups is 4. The Hall–Kier alpha value is -3.95. The number of amides is 4. The minimum atomic E-state index is -1.23. The highest BCUT2D eigenvalue weighted by atomic mass is 19.1. The van der Waals surface area contributed by atoms with Crippen molar-refractivity contribution in [3.63, 3.8) is 0 Å². The van der Waals surface area contributed by atoms with Crippen LogP contribution in [0.4, 0.5) is 4.39 Å². The maximum absolute atomic E-state index is 13.3. The third-order valence-corrected chi connectivity index (χ3v) is 6.51. The lowest BCUT2D eigenvalue weighted by atomic mass is 10.0. The van der Waals surface area contributed by atoms with E-state index in [0.717, 1.165) is 25.7 Å². The van der Waals surface area contributed by atoms with Gasteiger partial charge in [0.05, 0.1) is 18.6 Å². The average molecular weight is 555 g/mol. The van der Waals surface area contributed by atoms with Gasteiger partial charge in [-0.2, -0.15) is 0 Å². The molecule has 3 rings (SSSR count). The predicted molar refractivity (Wildman–Crippen MR) is 149 cm³/mol. The fourth-order valence-corrected chi connectivity index (χ4v) is 4.38. The Morgan fingerprint density at radius 2 is 1.73 bits per heavy atom. The second-order valence-electron chi connectivity index (χ2n) is 10.4. The van der Waals surface area contributed by atoms with E-state index in [9.17, 15) is 23.6 Å². The molecule has 0 saturated carbocycles. The highest BCUT2D eigenvalue weighted by molar-refractivity contribution is 6.01. The Kier molecular flexibility index (Phi) is 11.9. The number of rotatable bonds is 5. The number of hydrogen-bond donors (Lipinski definition) is 4. The summed E-state index contributed by atoms with van der Waals surface area (Å²) in [6.07, 6.45) is 3.42. The lowest BCUT2D eigenvalue weighted by Gasteiger charge is -2.23. The summed E-state index contributed by atoms with van der Waals surface area (Å²) in [7, 11) is 0. The number of ether oxygens (including phenoxy) is 1. The zero-order valence-corrected chi connectivity index (χ0v) is 23.1. The fourth-order valence-electron chi connectivity index (χ4n) is 4.38. The largest absolute Gasteiger partial charge is 0.493 e. The van der Waals surface area contributed by atoms with E-state index in [0.29, 0.717) is 30.9 Å². The standard InChI is InChI=1S/C30H39FN4O5/c1-20(2)17-24-29(38)32-15-7-3-4-8-16-40-26-10-6-5-9-23(26)28(37)35-25(18-27(36)34-24)30(39)33-19-21-11-13-22(31)14-12-21/h5-6,9-14,20,24-25H,3-4,7-8,15-19H2,1-2H3,(H,32,38)(H,33,39)(H,34,36)(H,35,37)/t24-,25-/m0/s1. The molecular formula is C30H39FN4O5. The van der Waals surface area contributed by atoms with E-state index in [1.807, 2.05) is 13.8 Å². The van der Waals surface area contributed by atoms with Crippen molar-refractivity contribution in [2.75, 3.05) is 13.2 Å². The van der Waals surface area contributed by atoms with Crippen molar-refractivity contribution in [1.29, 1.82) is 0 Å². The van der Waals surface area contributed by atoms with Crippen LogP contribution in [-0.4, -0.2) is 48.9 Å². The molecular weight excluding hydrogens is 515 g/mol. The SMILES string of the molecule is CC(C)C[C@@H]1NC(=O)C[C@@H](C(=O)NCc2ccc(F)cc2)NC(=O)c2ccccc2OCCCCCCNC1=O. The van der Waals surface area contributed by atoms with Crippen LogP contribution in [0.2, 0.25) is 0 Å². The summed E-state index contributed by atoms with van der Waals surface area (Å²) < 4.78 is 19.1. The highest BCUT2D eigenvalue weighted by Gasteiger charge is 2.28. The lowest BCUT2D eigenvalue weighted by Crippen LogP contribution is -2.52. The number of halogens is 1. The van der Waals surface area contributed by atoms with Gasteiger partial charge in [0.2, 0.25) is 17.7 Å². The van der Waals surface area contributed by atoms with Gasteiger partial charge < -0.3 is 26.0 Å². The molecule has 0 aromatic heterocycles. The van der Waals surface area contributed by atoms with Gasteiger partial charge in [-0.05, 0) is 55.0 Å². The molecule has 2 aromatic carbocycles. The van der Waals surface area contributed by atoms with Crippen LogP contribution in [0.1, 0.15) is 68.3 Å². The Bertz CT molecular complexity index is 1160. The molecule has 2 aromatic rings. The summed E-state index contributed by atoms with van der Waals surface area (Å²) >= 11 is 0. The van der Waals surface area contributed by atoms with E-state index in [2.05, 4.69) is 21.3 Å². The van der Waals surface area contributed by atoms with Crippen LogP contribution in [-0.2, 0) is 20.9 Å². The number of carbonyl (C=O) groups excluding carboxylic acids is 4. The van der Waals surface area contributed by atoms with Gasteiger partial charge in [0.1, 0.15) is 23.7 Å². The summed E-state index contributed by atoms with van der Waals surface area (Å²) in [5.41, 5.74) is 0.899. The Labute approximate surface area is 234 Å². The molecule has 216 valence electrons. The van der Waals surface area contributed by atoms with Gasteiger partial charge in [-0.15, -0.1) is 0 Å². The van der Waals surface area contributed by atoms with Gasteiger partial charge in [-0.25, -0.2) is 4.39 Å². The second kappa shape index (κ2) is 15.6. The van der Waals surface area contributed by atoms with Gasteiger partial charge in [-0.3, -0.25) is 19.2 Å². The van der Waals surface area contributed by atoms with Crippen molar-refractivity contribution in [1.82, 2.24) is 21.3 Å². The molecule has 0 aliphatic carbocycles. The quantitative estimate of drug-likeness (QED) is 0.452. The number of fused-ring (bicyclic) bond motifs is 1. The first-order valence-corrected chi connectivity index (χ1v) is 13.8. The normalized spacial score (nSPS) is 19.6. The van der Waals surface area contributed by atoms with Crippen LogP contribution in [0.15, 0.2) is 48.5 Å². The van der Waals surface area contributed by atoms with Gasteiger partial charge >= 0.3 is 0 Å². The summed E-state index contributed by atoms with van der Waals surface area (Å²) in [4.78, 5) is 52.4. The minimum absolute atomic E-state index is 0.0746. The zero-order valence-electron chi connectivity index (χ0n) is 23.1. The molecule has 1 aliphatic rings. The highest BCUT2D eigenvalue weighted by Crippen LogP contribution is 2.19. The predicted octanol–water partition coefficient (Wildman–Crippen LogP) is 3.23. The van der Waals surface area contributed by atoms with Crippen molar-refractivity contribution in [2.45, 2.75) is 71.0 Å².